The summed E-state index contributed by atoms with van der Waals surface area (Å²) in [6.45, 7) is -0.304. The minimum absolute atomic E-state index is 0.0454. The van der Waals surface area contributed by atoms with E-state index in [-0.39, 0.29) is 17.3 Å². The molecule has 3 N–H and O–H groups in total. The van der Waals surface area contributed by atoms with E-state index in [0.717, 1.165) is 0 Å². The van der Waals surface area contributed by atoms with E-state index in [0.29, 0.717) is 11.3 Å². The zero-order valence-corrected chi connectivity index (χ0v) is 11.9. The summed E-state index contributed by atoms with van der Waals surface area (Å²) in [5, 5.41) is 14.9. The average molecular weight is 307 g/mol. The number of H-pyrrole nitrogens is 1. The summed E-state index contributed by atoms with van der Waals surface area (Å²) >= 11 is 0. The van der Waals surface area contributed by atoms with Gasteiger partial charge >= 0.3 is 0 Å². The molecule has 0 fully saturated rings. The lowest BCUT2D eigenvalue weighted by atomic mass is 10.2. The number of nitrogens with zero attached hydrogens (tertiary/aromatic N) is 1. The van der Waals surface area contributed by atoms with Gasteiger partial charge < -0.3 is 9.84 Å². The highest BCUT2D eigenvalue weighted by atomic mass is 32.2. The van der Waals surface area contributed by atoms with Gasteiger partial charge in [-0.2, -0.15) is 5.10 Å². The Labute approximate surface area is 122 Å². The number of anilines is 1. The van der Waals surface area contributed by atoms with Crippen LogP contribution in [0.3, 0.4) is 0 Å². The standard InChI is InChI=1S/C13H13N3O4S/c1-20-12-5-4-10(3-2-6-17)7-13(12)21(18,19)16-11-8-14-15-9-11/h4-5,7-9,16-17H,6H2,1H3,(H,14,15). The minimum atomic E-state index is -3.84. The second-order valence-electron chi connectivity index (χ2n) is 3.92. The van der Waals surface area contributed by atoms with E-state index in [1.54, 1.807) is 6.07 Å². The van der Waals surface area contributed by atoms with Gasteiger partial charge in [-0.25, -0.2) is 8.42 Å². The summed E-state index contributed by atoms with van der Waals surface area (Å²) in [6, 6.07) is 4.49. The second kappa shape index (κ2) is 6.30. The number of ether oxygens (including phenoxy) is 1. The van der Waals surface area contributed by atoms with Gasteiger partial charge in [-0.05, 0) is 18.2 Å². The molecule has 0 aliphatic rings. The highest BCUT2D eigenvalue weighted by Crippen LogP contribution is 2.26. The summed E-state index contributed by atoms with van der Waals surface area (Å²) in [6.07, 6.45) is 2.76. The quantitative estimate of drug-likeness (QED) is 0.716. The van der Waals surface area contributed by atoms with Crippen molar-refractivity contribution in [3.63, 3.8) is 0 Å². The molecule has 0 unspecified atom stereocenters. The van der Waals surface area contributed by atoms with E-state index >= 15 is 0 Å². The lowest BCUT2D eigenvalue weighted by Crippen LogP contribution is -2.14. The third-order valence-corrected chi connectivity index (χ3v) is 3.92. The van der Waals surface area contributed by atoms with Crippen LogP contribution >= 0.6 is 0 Å². The Bertz CT molecular complexity index is 773. The fraction of sp³-hybridized carbons (Fsp3) is 0.154. The Morgan fingerprint density at radius 3 is 2.90 bits per heavy atom. The molecule has 1 heterocycles. The molecule has 0 bridgehead atoms. The fourth-order valence-electron chi connectivity index (χ4n) is 1.62. The van der Waals surface area contributed by atoms with Crippen molar-refractivity contribution >= 4 is 15.7 Å². The van der Waals surface area contributed by atoms with Crippen LogP contribution in [0.1, 0.15) is 5.56 Å². The molecule has 0 atom stereocenters. The number of hydrogen-bond acceptors (Lipinski definition) is 5. The monoisotopic (exact) mass is 307 g/mol. The zero-order valence-electron chi connectivity index (χ0n) is 11.1. The Balaban J connectivity index is 2.44. The van der Waals surface area contributed by atoms with Gasteiger partial charge in [-0.1, -0.05) is 11.8 Å². The summed E-state index contributed by atoms with van der Waals surface area (Å²) < 4.78 is 32.2. The number of nitrogens with one attached hydrogen (secondary N) is 2. The van der Waals surface area contributed by atoms with Crippen LogP contribution in [-0.2, 0) is 10.0 Å². The van der Waals surface area contributed by atoms with Crippen LogP contribution in [-0.4, -0.2) is 37.4 Å². The molecule has 0 saturated carbocycles. The van der Waals surface area contributed by atoms with E-state index in [2.05, 4.69) is 26.8 Å². The lowest BCUT2D eigenvalue weighted by Gasteiger charge is -2.10. The van der Waals surface area contributed by atoms with Gasteiger partial charge in [0.05, 0.1) is 19.0 Å². The molecule has 0 aliphatic heterocycles. The molecule has 110 valence electrons. The van der Waals surface area contributed by atoms with E-state index < -0.39 is 10.0 Å². The fourth-order valence-corrected chi connectivity index (χ4v) is 2.85. The number of benzene rings is 1. The summed E-state index contributed by atoms with van der Waals surface area (Å²) in [5.74, 6) is 5.31. The number of aliphatic hydroxyl groups is 1. The molecule has 1 aromatic heterocycles. The number of methoxy groups -OCH3 is 1. The van der Waals surface area contributed by atoms with Crippen LogP contribution in [0.15, 0.2) is 35.5 Å². The van der Waals surface area contributed by atoms with Gasteiger partial charge in [0.1, 0.15) is 17.3 Å². The maximum absolute atomic E-state index is 12.4. The number of aliphatic hydroxyl groups excluding tert-OH is 1. The van der Waals surface area contributed by atoms with Crippen molar-refractivity contribution in [2.24, 2.45) is 0 Å². The SMILES string of the molecule is COc1ccc(C#CCO)cc1S(=O)(=O)Nc1cn[nH]c1. The van der Waals surface area contributed by atoms with Crippen LogP contribution in [0, 0.1) is 11.8 Å². The second-order valence-corrected chi connectivity index (χ2v) is 5.57. The van der Waals surface area contributed by atoms with Gasteiger partial charge in [0.15, 0.2) is 0 Å². The van der Waals surface area contributed by atoms with Gasteiger partial charge in [0.25, 0.3) is 10.0 Å². The number of aromatic amines is 1. The normalized spacial score (nSPS) is 10.6. The smallest absolute Gasteiger partial charge is 0.265 e. The Hall–Kier alpha value is -2.50. The number of aromatic nitrogens is 2. The van der Waals surface area contributed by atoms with E-state index in [4.69, 9.17) is 9.84 Å². The predicted molar refractivity (Wildman–Crippen MR) is 76.4 cm³/mol. The molecular formula is C13H13N3O4S. The van der Waals surface area contributed by atoms with Gasteiger partial charge in [-0.15, -0.1) is 0 Å². The first-order valence-electron chi connectivity index (χ1n) is 5.86. The predicted octanol–water partition coefficient (Wildman–Crippen LogP) is 0.563. The van der Waals surface area contributed by atoms with Crippen molar-refractivity contribution in [1.29, 1.82) is 0 Å². The summed E-state index contributed by atoms with van der Waals surface area (Å²) in [4.78, 5) is -0.0454. The molecule has 0 saturated heterocycles. The van der Waals surface area contributed by atoms with Crippen LogP contribution in [0.5, 0.6) is 5.75 Å². The van der Waals surface area contributed by atoms with Crippen molar-refractivity contribution in [2.75, 3.05) is 18.4 Å². The maximum Gasteiger partial charge on any atom is 0.265 e. The van der Waals surface area contributed by atoms with Crippen LogP contribution in [0.25, 0.3) is 0 Å². The highest BCUT2D eigenvalue weighted by Gasteiger charge is 2.20. The summed E-state index contributed by atoms with van der Waals surface area (Å²) in [5.41, 5.74) is 0.765. The van der Waals surface area contributed by atoms with Crippen LogP contribution in [0.2, 0.25) is 0 Å². The number of hydrogen-bond donors (Lipinski definition) is 3. The van der Waals surface area contributed by atoms with Crippen molar-refractivity contribution in [3.8, 4) is 17.6 Å². The largest absolute Gasteiger partial charge is 0.495 e. The van der Waals surface area contributed by atoms with Gasteiger partial charge in [0.2, 0.25) is 0 Å². The number of sulfonamides is 1. The van der Waals surface area contributed by atoms with Gasteiger partial charge in [-0.3, -0.25) is 9.82 Å². The Kier molecular flexibility index (Phi) is 4.47. The molecule has 0 radical (unpaired) electrons. The first kappa shape index (κ1) is 14.9. The first-order chi connectivity index (χ1) is 10.1. The molecule has 1 aromatic carbocycles. The molecule has 0 aliphatic carbocycles. The molecule has 8 heteroatoms. The minimum Gasteiger partial charge on any atom is -0.495 e. The highest BCUT2D eigenvalue weighted by molar-refractivity contribution is 7.92. The molecule has 2 rings (SSSR count). The Morgan fingerprint density at radius 1 is 1.48 bits per heavy atom. The average Bonchev–Trinajstić information content (AvgIpc) is 2.97. The maximum atomic E-state index is 12.4. The van der Waals surface area contributed by atoms with Crippen LogP contribution < -0.4 is 9.46 Å². The molecule has 7 nitrogen and oxygen atoms in total. The van der Waals surface area contributed by atoms with Crippen molar-refractivity contribution in [1.82, 2.24) is 10.2 Å². The molecule has 0 amide bonds. The third-order valence-electron chi connectivity index (χ3n) is 2.52. The van der Waals surface area contributed by atoms with Crippen molar-refractivity contribution in [3.05, 3.63) is 36.2 Å². The molecular weight excluding hydrogens is 294 g/mol. The third kappa shape index (κ3) is 3.53. The molecule has 0 spiro atoms. The van der Waals surface area contributed by atoms with E-state index in [1.807, 2.05) is 0 Å². The molecule has 2 aromatic rings. The topological polar surface area (TPSA) is 104 Å². The van der Waals surface area contributed by atoms with Crippen molar-refractivity contribution in [2.45, 2.75) is 4.90 Å². The Morgan fingerprint density at radius 2 is 2.29 bits per heavy atom. The number of rotatable bonds is 4. The first-order valence-corrected chi connectivity index (χ1v) is 7.34. The summed E-state index contributed by atoms with van der Waals surface area (Å²) in [7, 11) is -2.46. The lowest BCUT2D eigenvalue weighted by molar-refractivity contribution is 0.350. The van der Waals surface area contributed by atoms with E-state index in [1.165, 1.54) is 31.6 Å². The zero-order chi connectivity index (χ0) is 15.3. The van der Waals surface area contributed by atoms with Crippen molar-refractivity contribution < 1.29 is 18.3 Å². The van der Waals surface area contributed by atoms with Gasteiger partial charge in [0, 0.05) is 11.8 Å². The van der Waals surface area contributed by atoms with Crippen LogP contribution in [0.4, 0.5) is 5.69 Å². The van der Waals surface area contributed by atoms with E-state index in [9.17, 15) is 8.42 Å². The molecule has 21 heavy (non-hydrogen) atoms.